The average molecular weight is 280 g/mol. The second kappa shape index (κ2) is 7.06. The Labute approximate surface area is 120 Å². The van der Waals surface area contributed by atoms with Crippen LogP contribution in [0.5, 0.6) is 0 Å². The predicted octanol–water partition coefficient (Wildman–Crippen LogP) is 4.03. The van der Waals surface area contributed by atoms with Crippen LogP contribution in [0.4, 0.5) is 0 Å². The van der Waals surface area contributed by atoms with Gasteiger partial charge in [-0.1, -0.05) is 43.5 Å². The molecule has 0 N–H and O–H groups in total. The highest BCUT2D eigenvalue weighted by molar-refractivity contribution is 6.34. The van der Waals surface area contributed by atoms with E-state index in [1.165, 1.54) is 25.7 Å². The van der Waals surface area contributed by atoms with Crippen molar-refractivity contribution in [3.8, 4) is 0 Å². The summed E-state index contributed by atoms with van der Waals surface area (Å²) >= 11 is 6.06. The maximum Gasteiger partial charge on any atom is 0.178 e. The highest BCUT2D eigenvalue weighted by Crippen LogP contribution is 2.22. The van der Waals surface area contributed by atoms with Gasteiger partial charge < -0.3 is 0 Å². The average Bonchev–Trinajstić information content (AvgIpc) is 2.42. The molecule has 0 spiro atoms. The van der Waals surface area contributed by atoms with Gasteiger partial charge in [0.2, 0.25) is 0 Å². The van der Waals surface area contributed by atoms with Gasteiger partial charge in [-0.05, 0) is 44.0 Å². The fourth-order valence-electron chi connectivity index (χ4n) is 2.82. The van der Waals surface area contributed by atoms with Gasteiger partial charge in [-0.2, -0.15) is 0 Å². The number of carbonyl (C=O) groups excluding carboxylic acids is 1. The van der Waals surface area contributed by atoms with Crippen molar-refractivity contribution in [2.75, 3.05) is 19.6 Å². The van der Waals surface area contributed by atoms with Crippen molar-refractivity contribution in [2.45, 2.75) is 32.6 Å². The van der Waals surface area contributed by atoms with Crippen LogP contribution < -0.4 is 0 Å². The SMILES string of the molecule is CCCC1CCN(CC(=O)c2ccccc2Cl)CC1. The van der Waals surface area contributed by atoms with E-state index >= 15 is 0 Å². The molecule has 104 valence electrons. The van der Waals surface area contributed by atoms with Crippen molar-refractivity contribution in [1.82, 2.24) is 4.90 Å². The Morgan fingerprint density at radius 1 is 1.32 bits per heavy atom. The number of nitrogens with zero attached hydrogens (tertiary/aromatic N) is 1. The summed E-state index contributed by atoms with van der Waals surface area (Å²) in [5.74, 6) is 0.996. The molecule has 0 aromatic heterocycles. The van der Waals surface area contributed by atoms with Crippen LogP contribution in [0.25, 0.3) is 0 Å². The molecule has 19 heavy (non-hydrogen) atoms. The highest BCUT2D eigenvalue weighted by Gasteiger charge is 2.21. The third-order valence-electron chi connectivity index (χ3n) is 3.95. The summed E-state index contributed by atoms with van der Waals surface area (Å²) < 4.78 is 0. The van der Waals surface area contributed by atoms with E-state index in [9.17, 15) is 4.79 Å². The zero-order chi connectivity index (χ0) is 13.7. The molecule has 1 fully saturated rings. The number of benzene rings is 1. The van der Waals surface area contributed by atoms with E-state index in [-0.39, 0.29) is 5.78 Å². The zero-order valence-corrected chi connectivity index (χ0v) is 12.3. The zero-order valence-electron chi connectivity index (χ0n) is 11.6. The van der Waals surface area contributed by atoms with E-state index in [2.05, 4.69) is 11.8 Å². The molecule has 3 heteroatoms. The van der Waals surface area contributed by atoms with Gasteiger partial charge >= 0.3 is 0 Å². The second-order valence-corrected chi connectivity index (χ2v) is 5.82. The van der Waals surface area contributed by atoms with E-state index in [0.717, 1.165) is 19.0 Å². The third-order valence-corrected chi connectivity index (χ3v) is 4.28. The maximum absolute atomic E-state index is 12.2. The standard InChI is InChI=1S/C16H22ClNO/c1-2-5-13-8-10-18(11-9-13)12-16(19)14-6-3-4-7-15(14)17/h3-4,6-7,13H,2,5,8-12H2,1H3. The second-order valence-electron chi connectivity index (χ2n) is 5.41. The van der Waals surface area contributed by atoms with Crippen LogP contribution in [0.2, 0.25) is 5.02 Å². The third kappa shape index (κ3) is 4.05. The lowest BCUT2D eigenvalue weighted by Crippen LogP contribution is -2.37. The first-order valence-corrected chi connectivity index (χ1v) is 7.58. The van der Waals surface area contributed by atoms with Gasteiger partial charge in [0.15, 0.2) is 5.78 Å². The van der Waals surface area contributed by atoms with Gasteiger partial charge in [0, 0.05) is 5.56 Å². The van der Waals surface area contributed by atoms with Crippen LogP contribution >= 0.6 is 11.6 Å². The van der Waals surface area contributed by atoms with Crippen LogP contribution in [0.15, 0.2) is 24.3 Å². The molecule has 0 aliphatic carbocycles. The molecule has 1 saturated heterocycles. The summed E-state index contributed by atoms with van der Waals surface area (Å²) in [6.45, 7) is 4.83. The summed E-state index contributed by atoms with van der Waals surface area (Å²) in [6.07, 6.45) is 5.04. The Bertz CT molecular complexity index is 425. The van der Waals surface area contributed by atoms with Gasteiger partial charge in [0.05, 0.1) is 11.6 Å². The molecule has 0 radical (unpaired) electrons. The fraction of sp³-hybridized carbons (Fsp3) is 0.562. The first-order valence-electron chi connectivity index (χ1n) is 7.20. The van der Waals surface area contributed by atoms with Gasteiger partial charge in [-0.25, -0.2) is 0 Å². The maximum atomic E-state index is 12.2. The van der Waals surface area contributed by atoms with Crippen molar-refractivity contribution in [2.24, 2.45) is 5.92 Å². The van der Waals surface area contributed by atoms with E-state index in [0.29, 0.717) is 17.1 Å². The molecular weight excluding hydrogens is 258 g/mol. The topological polar surface area (TPSA) is 20.3 Å². The first-order chi connectivity index (χ1) is 9.20. The number of halogens is 1. The number of carbonyl (C=O) groups is 1. The lowest BCUT2D eigenvalue weighted by atomic mass is 9.92. The van der Waals surface area contributed by atoms with Crippen LogP contribution in [-0.2, 0) is 0 Å². The molecule has 1 aliphatic heterocycles. The van der Waals surface area contributed by atoms with Crippen LogP contribution in [0.1, 0.15) is 43.0 Å². The Morgan fingerprint density at radius 2 is 2.00 bits per heavy atom. The van der Waals surface area contributed by atoms with Crippen LogP contribution in [-0.4, -0.2) is 30.3 Å². The van der Waals surface area contributed by atoms with Gasteiger partial charge in [-0.15, -0.1) is 0 Å². The molecule has 0 bridgehead atoms. The van der Waals surface area contributed by atoms with E-state index in [1.807, 2.05) is 18.2 Å². The van der Waals surface area contributed by atoms with Crippen molar-refractivity contribution in [3.63, 3.8) is 0 Å². The Morgan fingerprint density at radius 3 is 2.63 bits per heavy atom. The number of ketones is 1. The minimum atomic E-state index is 0.138. The quantitative estimate of drug-likeness (QED) is 0.759. The summed E-state index contributed by atoms with van der Waals surface area (Å²) in [5, 5.41) is 0.563. The molecule has 2 nitrogen and oxygen atoms in total. The monoisotopic (exact) mass is 279 g/mol. The molecule has 0 atom stereocenters. The fourth-order valence-corrected chi connectivity index (χ4v) is 3.06. The lowest BCUT2D eigenvalue weighted by molar-refractivity contribution is 0.0893. The Balaban J connectivity index is 1.86. The minimum Gasteiger partial charge on any atom is -0.296 e. The summed E-state index contributed by atoms with van der Waals surface area (Å²) in [7, 11) is 0. The van der Waals surface area contributed by atoms with E-state index in [4.69, 9.17) is 11.6 Å². The molecule has 0 unspecified atom stereocenters. The number of Topliss-reactive ketones (excluding diaryl/α,β-unsaturated/α-hetero) is 1. The summed E-state index contributed by atoms with van der Waals surface area (Å²) in [5.41, 5.74) is 0.653. The van der Waals surface area contributed by atoms with E-state index < -0.39 is 0 Å². The van der Waals surface area contributed by atoms with Gasteiger partial charge in [0.1, 0.15) is 0 Å². The lowest BCUT2D eigenvalue weighted by Gasteiger charge is -2.31. The molecule has 0 amide bonds. The molecule has 1 aliphatic rings. The summed E-state index contributed by atoms with van der Waals surface area (Å²) in [6, 6.07) is 7.32. The molecule has 1 aromatic rings. The minimum absolute atomic E-state index is 0.138. The van der Waals surface area contributed by atoms with Crippen molar-refractivity contribution < 1.29 is 4.79 Å². The van der Waals surface area contributed by atoms with Crippen molar-refractivity contribution >= 4 is 17.4 Å². The van der Waals surface area contributed by atoms with Gasteiger partial charge in [-0.3, -0.25) is 9.69 Å². The predicted molar refractivity (Wildman–Crippen MR) is 79.9 cm³/mol. The molecule has 0 saturated carbocycles. The highest BCUT2D eigenvalue weighted by atomic mass is 35.5. The Kier molecular flexibility index (Phi) is 5.41. The van der Waals surface area contributed by atoms with Crippen molar-refractivity contribution in [1.29, 1.82) is 0 Å². The van der Waals surface area contributed by atoms with E-state index in [1.54, 1.807) is 6.07 Å². The first kappa shape index (κ1) is 14.5. The van der Waals surface area contributed by atoms with Gasteiger partial charge in [0.25, 0.3) is 0 Å². The van der Waals surface area contributed by atoms with Crippen LogP contribution in [0.3, 0.4) is 0 Å². The number of rotatable bonds is 5. The van der Waals surface area contributed by atoms with Crippen molar-refractivity contribution in [3.05, 3.63) is 34.9 Å². The molecule has 1 heterocycles. The number of hydrogen-bond donors (Lipinski definition) is 0. The number of hydrogen-bond acceptors (Lipinski definition) is 2. The molecule has 1 aromatic carbocycles. The van der Waals surface area contributed by atoms with Crippen LogP contribution in [0, 0.1) is 5.92 Å². The molecular formula is C16H22ClNO. The largest absolute Gasteiger partial charge is 0.296 e. The number of likely N-dealkylation sites (tertiary alicyclic amines) is 1. The Hall–Kier alpha value is -0.860. The molecule has 2 rings (SSSR count). The normalized spacial score (nSPS) is 17.6. The number of piperidine rings is 1. The smallest absolute Gasteiger partial charge is 0.178 e. The summed E-state index contributed by atoms with van der Waals surface area (Å²) in [4.78, 5) is 14.5.